The second-order valence-electron chi connectivity index (χ2n) is 10.9. The first-order valence-electron chi connectivity index (χ1n) is 14.9. The fourth-order valence-corrected chi connectivity index (χ4v) is 6.59. The first kappa shape index (κ1) is 34.8. The summed E-state index contributed by atoms with van der Waals surface area (Å²) >= 11 is 12.2. The molecule has 11 heteroatoms. The van der Waals surface area contributed by atoms with Crippen LogP contribution in [0.2, 0.25) is 10.0 Å². The number of sulfonamides is 1. The van der Waals surface area contributed by atoms with Crippen LogP contribution in [0.15, 0.2) is 108 Å². The molecule has 0 bridgehead atoms. The Hall–Kier alpha value is -4.05. The lowest BCUT2D eigenvalue weighted by Crippen LogP contribution is -2.54. The SMILES string of the molecule is CCOc1ccccc1N(CC(=O)N(Cc1ccc(Cl)cc1)[C@H](Cc1ccccc1)C(=O)NC(C)C)S(=O)(=O)c1ccc(Cl)cc1. The maximum absolute atomic E-state index is 14.6. The van der Waals surface area contributed by atoms with E-state index in [0.29, 0.717) is 10.0 Å². The number of benzene rings is 4. The van der Waals surface area contributed by atoms with Crippen LogP contribution >= 0.6 is 23.2 Å². The molecule has 0 spiro atoms. The van der Waals surface area contributed by atoms with Gasteiger partial charge in [-0.3, -0.25) is 13.9 Å². The molecule has 0 aliphatic heterocycles. The van der Waals surface area contributed by atoms with Crippen molar-refractivity contribution in [3.8, 4) is 5.75 Å². The van der Waals surface area contributed by atoms with Gasteiger partial charge in [0.15, 0.2) is 0 Å². The van der Waals surface area contributed by atoms with Gasteiger partial charge in [-0.15, -0.1) is 0 Å². The van der Waals surface area contributed by atoms with Gasteiger partial charge in [0.05, 0.1) is 17.2 Å². The molecule has 0 aromatic heterocycles. The molecule has 46 heavy (non-hydrogen) atoms. The number of hydrogen-bond acceptors (Lipinski definition) is 5. The number of rotatable bonds is 14. The molecule has 4 rings (SSSR count). The average molecular weight is 683 g/mol. The first-order valence-corrected chi connectivity index (χ1v) is 17.1. The van der Waals surface area contributed by atoms with E-state index in [4.69, 9.17) is 27.9 Å². The van der Waals surface area contributed by atoms with Gasteiger partial charge in [0.2, 0.25) is 11.8 Å². The Balaban J connectivity index is 1.84. The maximum Gasteiger partial charge on any atom is 0.264 e. The van der Waals surface area contributed by atoms with Crippen molar-refractivity contribution in [3.05, 3.63) is 124 Å². The standard InChI is InChI=1S/C35H37Cl2N3O5S/c1-4-45-33-13-9-8-12-31(33)40(46(43,44)30-20-18-29(37)19-21-30)24-34(41)39(23-27-14-16-28(36)17-15-27)32(35(42)38-25(2)3)22-26-10-6-5-7-11-26/h5-21,25,32H,4,22-24H2,1-3H3,(H,38,42)/t32-/m1/s1. The summed E-state index contributed by atoms with van der Waals surface area (Å²) in [5.41, 5.74) is 1.74. The van der Waals surface area contributed by atoms with Crippen LogP contribution in [0.1, 0.15) is 31.9 Å². The van der Waals surface area contributed by atoms with Crippen molar-refractivity contribution in [2.75, 3.05) is 17.5 Å². The molecule has 1 N–H and O–H groups in total. The van der Waals surface area contributed by atoms with Crippen molar-refractivity contribution in [1.29, 1.82) is 0 Å². The zero-order chi connectivity index (χ0) is 33.3. The normalized spacial score (nSPS) is 12.0. The van der Waals surface area contributed by atoms with Crippen molar-refractivity contribution in [2.24, 2.45) is 0 Å². The number of halogens is 2. The van der Waals surface area contributed by atoms with E-state index < -0.39 is 28.5 Å². The molecule has 0 aliphatic carbocycles. The predicted molar refractivity (Wildman–Crippen MR) is 183 cm³/mol. The number of para-hydroxylation sites is 2. The number of carbonyl (C=O) groups excluding carboxylic acids is 2. The quantitative estimate of drug-likeness (QED) is 0.159. The zero-order valence-corrected chi connectivity index (χ0v) is 28.2. The number of carbonyl (C=O) groups is 2. The second kappa shape index (κ2) is 16.0. The van der Waals surface area contributed by atoms with Crippen molar-refractivity contribution < 1.29 is 22.7 Å². The van der Waals surface area contributed by atoms with Gasteiger partial charge in [-0.25, -0.2) is 8.42 Å². The van der Waals surface area contributed by atoms with Gasteiger partial charge >= 0.3 is 0 Å². The van der Waals surface area contributed by atoms with Gasteiger partial charge in [-0.1, -0.05) is 77.8 Å². The number of nitrogens with one attached hydrogen (secondary N) is 1. The molecule has 4 aromatic rings. The third-order valence-electron chi connectivity index (χ3n) is 7.08. The first-order chi connectivity index (χ1) is 22.0. The highest BCUT2D eigenvalue weighted by Crippen LogP contribution is 2.33. The molecule has 0 unspecified atom stereocenters. The molecule has 8 nitrogen and oxygen atoms in total. The molecule has 242 valence electrons. The average Bonchev–Trinajstić information content (AvgIpc) is 3.03. The third-order valence-corrected chi connectivity index (χ3v) is 9.36. The van der Waals surface area contributed by atoms with Crippen LogP contribution in [0.4, 0.5) is 5.69 Å². The number of amides is 2. The van der Waals surface area contributed by atoms with E-state index >= 15 is 0 Å². The second-order valence-corrected chi connectivity index (χ2v) is 13.6. The summed E-state index contributed by atoms with van der Waals surface area (Å²) in [5.74, 6) is -0.653. The van der Waals surface area contributed by atoms with Crippen molar-refractivity contribution >= 4 is 50.7 Å². The van der Waals surface area contributed by atoms with Gasteiger partial charge < -0.3 is 15.0 Å². The highest BCUT2D eigenvalue weighted by Gasteiger charge is 2.35. The van der Waals surface area contributed by atoms with Crippen LogP contribution in [-0.2, 0) is 32.6 Å². The Kier molecular flexibility index (Phi) is 12.1. The summed E-state index contributed by atoms with van der Waals surface area (Å²) in [7, 11) is -4.31. The number of nitrogens with zero attached hydrogens (tertiary/aromatic N) is 2. The van der Waals surface area contributed by atoms with E-state index in [2.05, 4.69) is 5.32 Å². The van der Waals surface area contributed by atoms with Gasteiger partial charge in [-0.2, -0.15) is 0 Å². The Bertz CT molecular complexity index is 1720. The highest BCUT2D eigenvalue weighted by atomic mass is 35.5. The van der Waals surface area contributed by atoms with Gasteiger partial charge in [0, 0.05) is 29.1 Å². The molecule has 0 heterocycles. The van der Waals surface area contributed by atoms with Crippen LogP contribution in [0.25, 0.3) is 0 Å². The third kappa shape index (κ3) is 9.02. The summed E-state index contributed by atoms with van der Waals surface area (Å²) in [5, 5.41) is 3.83. The largest absolute Gasteiger partial charge is 0.492 e. The van der Waals surface area contributed by atoms with Crippen LogP contribution in [0.5, 0.6) is 5.75 Å². The van der Waals surface area contributed by atoms with Crippen LogP contribution in [-0.4, -0.2) is 50.4 Å². The molecular weight excluding hydrogens is 645 g/mol. The number of hydrogen-bond donors (Lipinski definition) is 1. The maximum atomic E-state index is 14.6. The van der Waals surface area contributed by atoms with E-state index in [1.54, 1.807) is 55.5 Å². The van der Waals surface area contributed by atoms with Gasteiger partial charge in [0.25, 0.3) is 10.0 Å². The Morgan fingerprint density at radius 3 is 2.00 bits per heavy atom. The minimum Gasteiger partial charge on any atom is -0.492 e. The van der Waals surface area contributed by atoms with Crippen LogP contribution in [0.3, 0.4) is 0 Å². The van der Waals surface area contributed by atoms with E-state index in [-0.39, 0.29) is 47.9 Å². The number of ether oxygens (including phenoxy) is 1. The van der Waals surface area contributed by atoms with Gasteiger partial charge in [-0.05, 0) is 80.4 Å². The van der Waals surface area contributed by atoms with Crippen molar-refractivity contribution in [3.63, 3.8) is 0 Å². The molecule has 0 aliphatic rings. The minimum atomic E-state index is -4.31. The summed E-state index contributed by atoms with van der Waals surface area (Å²) in [6.07, 6.45) is 0.207. The molecular formula is C35H37Cl2N3O5S. The Morgan fingerprint density at radius 1 is 0.804 bits per heavy atom. The summed E-state index contributed by atoms with van der Waals surface area (Å²) < 4.78 is 35.3. The predicted octanol–water partition coefficient (Wildman–Crippen LogP) is 6.75. The molecule has 2 amide bonds. The lowest BCUT2D eigenvalue weighted by molar-refractivity contribution is -0.140. The Labute approximate surface area is 280 Å². The van der Waals surface area contributed by atoms with Crippen LogP contribution in [0, 0.1) is 0 Å². The fourth-order valence-electron chi connectivity index (χ4n) is 4.91. The molecule has 0 saturated heterocycles. The minimum absolute atomic E-state index is 0.0287. The molecule has 0 radical (unpaired) electrons. The fraction of sp³-hybridized carbons (Fsp3) is 0.257. The zero-order valence-electron chi connectivity index (χ0n) is 25.9. The van der Waals surface area contributed by atoms with Gasteiger partial charge in [0.1, 0.15) is 18.3 Å². The molecule has 0 fully saturated rings. The lowest BCUT2D eigenvalue weighted by Gasteiger charge is -2.34. The van der Waals surface area contributed by atoms with Crippen LogP contribution < -0.4 is 14.4 Å². The Morgan fingerprint density at radius 2 is 1.39 bits per heavy atom. The van der Waals surface area contributed by atoms with E-state index in [1.165, 1.54) is 29.2 Å². The monoisotopic (exact) mass is 681 g/mol. The summed E-state index contributed by atoms with van der Waals surface area (Å²) in [6, 6.07) is 27.5. The smallest absolute Gasteiger partial charge is 0.264 e. The molecule has 0 saturated carbocycles. The van der Waals surface area contributed by atoms with Crippen molar-refractivity contribution in [1.82, 2.24) is 10.2 Å². The molecule has 4 aromatic carbocycles. The highest BCUT2D eigenvalue weighted by molar-refractivity contribution is 7.92. The van der Waals surface area contributed by atoms with Crippen molar-refractivity contribution in [2.45, 2.75) is 50.7 Å². The topological polar surface area (TPSA) is 96.0 Å². The van der Waals surface area contributed by atoms with E-state index in [0.717, 1.165) is 15.4 Å². The number of anilines is 1. The summed E-state index contributed by atoms with van der Waals surface area (Å²) in [6.45, 7) is 5.16. The van der Waals surface area contributed by atoms with E-state index in [1.807, 2.05) is 44.2 Å². The summed E-state index contributed by atoms with van der Waals surface area (Å²) in [4.78, 5) is 29.8. The van der Waals surface area contributed by atoms with E-state index in [9.17, 15) is 18.0 Å². The molecule has 1 atom stereocenters. The lowest BCUT2D eigenvalue weighted by atomic mass is 10.0.